The number of hydrogen-bond acceptors (Lipinski definition) is 4. The second-order valence-electron chi connectivity index (χ2n) is 4.22. The number of rotatable bonds is 4. The Bertz CT molecular complexity index is 626. The van der Waals surface area contributed by atoms with Crippen LogP contribution in [0.2, 0.25) is 0 Å². The molecule has 5 nitrogen and oxygen atoms in total. The zero-order valence-corrected chi connectivity index (χ0v) is 12.2. The van der Waals surface area contributed by atoms with Crippen molar-refractivity contribution in [2.24, 2.45) is 0 Å². The third kappa shape index (κ3) is 3.34. The number of nitrogens with zero attached hydrogens (tertiary/aromatic N) is 1. The Morgan fingerprint density at radius 2 is 1.90 bits per heavy atom. The molecule has 0 aliphatic rings. The van der Waals surface area contributed by atoms with E-state index in [2.05, 4.69) is 15.9 Å². The van der Waals surface area contributed by atoms with Crippen LogP contribution in [-0.2, 0) is 0 Å². The van der Waals surface area contributed by atoms with Crippen molar-refractivity contribution in [3.8, 4) is 11.5 Å². The second-order valence-corrected chi connectivity index (χ2v) is 5.13. The van der Waals surface area contributed by atoms with Crippen molar-refractivity contribution >= 4 is 21.6 Å². The number of benzene rings is 2. The van der Waals surface area contributed by atoms with E-state index in [0.29, 0.717) is 11.3 Å². The van der Waals surface area contributed by atoms with Crippen LogP contribution < -0.4 is 4.74 Å². The minimum atomic E-state index is -0.768. The van der Waals surface area contributed by atoms with Crippen molar-refractivity contribution in [3.63, 3.8) is 0 Å². The fourth-order valence-electron chi connectivity index (χ4n) is 1.65. The van der Waals surface area contributed by atoms with Gasteiger partial charge in [-0.15, -0.1) is 0 Å². The van der Waals surface area contributed by atoms with Gasteiger partial charge in [0.25, 0.3) is 0 Å². The number of nitro benzene ring substituents is 1. The summed E-state index contributed by atoms with van der Waals surface area (Å²) in [5, 5.41) is 20.5. The van der Waals surface area contributed by atoms with E-state index in [1.54, 1.807) is 37.3 Å². The van der Waals surface area contributed by atoms with Crippen LogP contribution in [0.1, 0.15) is 18.6 Å². The molecule has 0 aliphatic carbocycles. The van der Waals surface area contributed by atoms with E-state index in [-0.39, 0.29) is 11.4 Å². The summed E-state index contributed by atoms with van der Waals surface area (Å²) >= 11 is 3.30. The van der Waals surface area contributed by atoms with Crippen molar-refractivity contribution in [3.05, 3.63) is 62.6 Å². The Balaban J connectivity index is 2.35. The molecular formula is C14H12BrNO4. The first-order valence-corrected chi connectivity index (χ1v) is 6.66. The largest absolute Gasteiger partial charge is 0.450 e. The molecule has 1 atom stereocenters. The van der Waals surface area contributed by atoms with Crippen LogP contribution in [0.5, 0.6) is 11.5 Å². The summed E-state index contributed by atoms with van der Waals surface area (Å²) in [6, 6.07) is 11.4. The Labute approximate surface area is 124 Å². The van der Waals surface area contributed by atoms with Gasteiger partial charge in [-0.1, -0.05) is 22.0 Å². The van der Waals surface area contributed by atoms with Crippen LogP contribution in [0, 0.1) is 10.1 Å². The maximum absolute atomic E-state index is 11.1. The number of halogens is 1. The summed E-state index contributed by atoms with van der Waals surface area (Å²) in [7, 11) is 0. The van der Waals surface area contributed by atoms with E-state index in [4.69, 9.17) is 4.74 Å². The van der Waals surface area contributed by atoms with Gasteiger partial charge in [-0.25, -0.2) is 0 Å². The zero-order valence-electron chi connectivity index (χ0n) is 10.6. The van der Waals surface area contributed by atoms with Gasteiger partial charge in [0.2, 0.25) is 5.75 Å². The van der Waals surface area contributed by atoms with Crippen LogP contribution >= 0.6 is 15.9 Å². The Morgan fingerprint density at radius 3 is 2.45 bits per heavy atom. The number of hydrogen-bond donors (Lipinski definition) is 1. The molecule has 0 bridgehead atoms. The normalized spacial score (nSPS) is 11.9. The van der Waals surface area contributed by atoms with E-state index in [9.17, 15) is 15.2 Å². The molecule has 0 saturated heterocycles. The van der Waals surface area contributed by atoms with E-state index >= 15 is 0 Å². The molecule has 0 saturated carbocycles. The summed E-state index contributed by atoms with van der Waals surface area (Å²) in [4.78, 5) is 10.5. The molecule has 1 N–H and O–H groups in total. The quantitative estimate of drug-likeness (QED) is 0.670. The molecule has 0 spiro atoms. The Morgan fingerprint density at radius 1 is 1.25 bits per heavy atom. The number of aliphatic hydroxyl groups excluding tert-OH is 1. The molecule has 104 valence electrons. The highest BCUT2D eigenvalue weighted by molar-refractivity contribution is 9.10. The third-order valence-electron chi connectivity index (χ3n) is 2.70. The fourth-order valence-corrected chi connectivity index (χ4v) is 1.92. The van der Waals surface area contributed by atoms with Crippen LogP contribution in [0.15, 0.2) is 46.9 Å². The van der Waals surface area contributed by atoms with Gasteiger partial charge in [0, 0.05) is 10.5 Å². The SMILES string of the molecule is C[C@@H](O)c1ccc(Oc2ccc(Br)cc2)c([N+](=O)[O-])c1. The van der Waals surface area contributed by atoms with Crippen molar-refractivity contribution in [2.75, 3.05) is 0 Å². The minimum absolute atomic E-state index is 0.140. The molecular weight excluding hydrogens is 326 g/mol. The molecule has 2 rings (SSSR count). The highest BCUT2D eigenvalue weighted by Crippen LogP contribution is 2.33. The van der Waals surface area contributed by atoms with Crippen molar-refractivity contribution < 1.29 is 14.8 Å². The average Bonchev–Trinajstić information content (AvgIpc) is 2.41. The fraction of sp³-hybridized carbons (Fsp3) is 0.143. The van der Waals surface area contributed by atoms with E-state index in [1.165, 1.54) is 12.1 Å². The molecule has 0 aliphatic heterocycles. The highest BCUT2D eigenvalue weighted by Gasteiger charge is 2.18. The molecule has 0 aromatic heterocycles. The Kier molecular flexibility index (Phi) is 4.36. The minimum Gasteiger partial charge on any atom is -0.450 e. The Hall–Kier alpha value is -1.92. The monoisotopic (exact) mass is 337 g/mol. The standard InChI is InChI=1S/C14H12BrNO4/c1-9(17)10-2-7-14(13(8-10)16(18)19)20-12-5-3-11(15)4-6-12/h2-9,17H,1H3/t9-/m1/s1. The first kappa shape index (κ1) is 14.5. The maximum Gasteiger partial charge on any atom is 0.311 e. The number of nitro groups is 1. The lowest BCUT2D eigenvalue weighted by atomic mass is 10.1. The van der Waals surface area contributed by atoms with Crippen molar-refractivity contribution in [1.29, 1.82) is 0 Å². The maximum atomic E-state index is 11.1. The summed E-state index contributed by atoms with van der Waals surface area (Å²) in [6.45, 7) is 1.55. The molecule has 2 aromatic carbocycles. The van der Waals surface area contributed by atoms with Gasteiger partial charge in [0.1, 0.15) is 5.75 Å². The summed E-state index contributed by atoms with van der Waals surface area (Å²) in [5.74, 6) is 0.641. The van der Waals surface area contributed by atoms with Crippen molar-refractivity contribution in [2.45, 2.75) is 13.0 Å². The second kappa shape index (κ2) is 6.02. The molecule has 2 aromatic rings. The van der Waals surface area contributed by atoms with Crippen LogP contribution in [0.25, 0.3) is 0 Å². The van der Waals surface area contributed by atoms with Gasteiger partial charge < -0.3 is 9.84 Å². The molecule has 0 unspecified atom stereocenters. The van der Waals surface area contributed by atoms with Crippen LogP contribution in [-0.4, -0.2) is 10.0 Å². The molecule has 0 heterocycles. The lowest BCUT2D eigenvalue weighted by Gasteiger charge is -2.09. The summed E-state index contributed by atoms with van der Waals surface area (Å²) in [6.07, 6.45) is -0.768. The predicted molar refractivity (Wildman–Crippen MR) is 77.9 cm³/mol. The first-order valence-electron chi connectivity index (χ1n) is 5.87. The van der Waals surface area contributed by atoms with Crippen molar-refractivity contribution in [1.82, 2.24) is 0 Å². The van der Waals surface area contributed by atoms with Gasteiger partial charge >= 0.3 is 5.69 Å². The number of ether oxygens (including phenoxy) is 1. The molecule has 20 heavy (non-hydrogen) atoms. The van der Waals surface area contributed by atoms with Gasteiger partial charge in [-0.3, -0.25) is 10.1 Å². The predicted octanol–water partition coefficient (Wildman–Crippen LogP) is 4.20. The van der Waals surface area contributed by atoms with Gasteiger partial charge in [0.15, 0.2) is 0 Å². The summed E-state index contributed by atoms with van der Waals surface area (Å²) in [5.41, 5.74) is 0.297. The smallest absolute Gasteiger partial charge is 0.311 e. The van der Waals surface area contributed by atoms with Crippen LogP contribution in [0.4, 0.5) is 5.69 Å². The summed E-state index contributed by atoms with van der Waals surface area (Å²) < 4.78 is 6.41. The number of aliphatic hydroxyl groups is 1. The topological polar surface area (TPSA) is 72.6 Å². The van der Waals surface area contributed by atoms with Gasteiger partial charge in [0.05, 0.1) is 11.0 Å². The van der Waals surface area contributed by atoms with Gasteiger partial charge in [-0.2, -0.15) is 0 Å². The lowest BCUT2D eigenvalue weighted by Crippen LogP contribution is -1.97. The molecule has 0 amide bonds. The average molecular weight is 338 g/mol. The van der Waals surface area contributed by atoms with E-state index in [0.717, 1.165) is 4.47 Å². The molecule has 0 radical (unpaired) electrons. The van der Waals surface area contributed by atoms with Crippen LogP contribution in [0.3, 0.4) is 0 Å². The molecule has 6 heteroatoms. The molecule has 0 fully saturated rings. The third-order valence-corrected chi connectivity index (χ3v) is 3.23. The van der Waals surface area contributed by atoms with E-state index in [1.807, 2.05) is 0 Å². The lowest BCUT2D eigenvalue weighted by molar-refractivity contribution is -0.385. The zero-order chi connectivity index (χ0) is 14.7. The first-order chi connectivity index (χ1) is 9.47. The van der Waals surface area contributed by atoms with E-state index < -0.39 is 11.0 Å². The highest BCUT2D eigenvalue weighted by atomic mass is 79.9. The van der Waals surface area contributed by atoms with Gasteiger partial charge in [-0.05, 0) is 42.8 Å².